The Morgan fingerprint density at radius 3 is 2.54 bits per heavy atom. The summed E-state index contributed by atoms with van der Waals surface area (Å²) >= 11 is 0. The highest BCUT2D eigenvalue weighted by molar-refractivity contribution is 5.85. The van der Waals surface area contributed by atoms with Crippen molar-refractivity contribution in [2.24, 2.45) is 0 Å². The maximum absolute atomic E-state index is 10.4. The van der Waals surface area contributed by atoms with Crippen LogP contribution in [0, 0.1) is 0 Å². The van der Waals surface area contributed by atoms with E-state index in [1.54, 1.807) is 0 Å². The van der Waals surface area contributed by atoms with Crippen LogP contribution in [0.25, 0.3) is 0 Å². The van der Waals surface area contributed by atoms with Crippen molar-refractivity contribution >= 4 is 18.4 Å². The molecule has 5 heteroatoms. The molecular formula is C8H16ClNO3. The van der Waals surface area contributed by atoms with Crippen molar-refractivity contribution < 1.29 is 14.6 Å². The zero-order valence-electron chi connectivity index (χ0n) is 7.73. The molecule has 0 bridgehead atoms. The molecule has 4 nitrogen and oxygen atoms in total. The Bertz CT molecular complexity index is 159. The Labute approximate surface area is 84.3 Å². The number of nitrogens with zero attached hydrogens (tertiary/aromatic N) is 1. The average molecular weight is 210 g/mol. The lowest BCUT2D eigenvalue weighted by Crippen LogP contribution is -2.42. The summed E-state index contributed by atoms with van der Waals surface area (Å²) in [5.41, 5.74) is 0. The minimum atomic E-state index is -0.728. The molecule has 1 fully saturated rings. The minimum absolute atomic E-state index is 0. The minimum Gasteiger partial charge on any atom is -0.481 e. The molecule has 1 rings (SSSR count). The highest BCUT2D eigenvalue weighted by atomic mass is 35.5. The van der Waals surface area contributed by atoms with E-state index in [2.05, 4.69) is 4.90 Å². The van der Waals surface area contributed by atoms with Crippen molar-refractivity contribution in [3.63, 3.8) is 0 Å². The molecule has 1 heterocycles. The predicted molar refractivity (Wildman–Crippen MR) is 51.4 cm³/mol. The van der Waals surface area contributed by atoms with Gasteiger partial charge in [-0.2, -0.15) is 0 Å². The van der Waals surface area contributed by atoms with Crippen LogP contribution in [0.2, 0.25) is 0 Å². The van der Waals surface area contributed by atoms with Crippen LogP contribution in [0.15, 0.2) is 0 Å². The van der Waals surface area contributed by atoms with E-state index < -0.39 is 5.97 Å². The van der Waals surface area contributed by atoms with E-state index in [1.807, 2.05) is 6.92 Å². The van der Waals surface area contributed by atoms with Crippen molar-refractivity contribution in [1.29, 1.82) is 0 Å². The van der Waals surface area contributed by atoms with Crippen LogP contribution in [-0.4, -0.2) is 48.3 Å². The largest absolute Gasteiger partial charge is 0.481 e. The summed E-state index contributed by atoms with van der Waals surface area (Å²) < 4.78 is 5.17. The number of carboxylic acid groups (broad SMARTS) is 1. The Kier molecular flexibility index (Phi) is 6.03. The second-order valence-electron chi connectivity index (χ2n) is 3.10. The van der Waals surface area contributed by atoms with Gasteiger partial charge in [0.2, 0.25) is 0 Å². The summed E-state index contributed by atoms with van der Waals surface area (Å²) in [6.45, 7) is 5.11. The Hall–Kier alpha value is -0.320. The van der Waals surface area contributed by atoms with Gasteiger partial charge in [-0.05, 0) is 6.92 Å². The summed E-state index contributed by atoms with van der Waals surface area (Å²) in [5, 5.41) is 8.56. The topological polar surface area (TPSA) is 49.8 Å². The van der Waals surface area contributed by atoms with Gasteiger partial charge in [-0.25, -0.2) is 0 Å². The van der Waals surface area contributed by atoms with Crippen LogP contribution in [0.4, 0.5) is 0 Å². The predicted octanol–water partition coefficient (Wildman–Crippen LogP) is 0.604. The lowest BCUT2D eigenvalue weighted by atomic mass is 10.2. The van der Waals surface area contributed by atoms with E-state index in [0.717, 1.165) is 26.3 Å². The molecule has 1 N–H and O–H groups in total. The fourth-order valence-electron chi connectivity index (χ4n) is 1.40. The SMILES string of the molecule is CC(CC(=O)O)N1CCOCC1.Cl. The summed E-state index contributed by atoms with van der Waals surface area (Å²) in [6, 6.07) is 0.131. The van der Waals surface area contributed by atoms with Crippen molar-refractivity contribution in [3.8, 4) is 0 Å². The third-order valence-electron chi connectivity index (χ3n) is 2.14. The van der Waals surface area contributed by atoms with Gasteiger partial charge in [0, 0.05) is 19.1 Å². The summed E-state index contributed by atoms with van der Waals surface area (Å²) in [7, 11) is 0. The third-order valence-corrected chi connectivity index (χ3v) is 2.14. The zero-order valence-corrected chi connectivity index (χ0v) is 8.55. The first-order chi connectivity index (χ1) is 5.70. The van der Waals surface area contributed by atoms with Gasteiger partial charge in [-0.1, -0.05) is 0 Å². The zero-order chi connectivity index (χ0) is 8.97. The summed E-state index contributed by atoms with van der Waals surface area (Å²) in [6.07, 6.45) is 0.222. The molecule has 1 aliphatic heterocycles. The molecule has 1 saturated heterocycles. The van der Waals surface area contributed by atoms with Crippen molar-refractivity contribution in [2.75, 3.05) is 26.3 Å². The molecular weight excluding hydrogens is 194 g/mol. The molecule has 0 spiro atoms. The molecule has 78 valence electrons. The highest BCUT2D eigenvalue weighted by Crippen LogP contribution is 2.06. The standard InChI is InChI=1S/C8H15NO3.ClH/c1-7(6-8(10)11)9-2-4-12-5-3-9;/h7H,2-6H2,1H3,(H,10,11);1H. The van der Waals surface area contributed by atoms with Crippen molar-refractivity contribution in [1.82, 2.24) is 4.90 Å². The fourth-order valence-corrected chi connectivity index (χ4v) is 1.40. The van der Waals surface area contributed by atoms with E-state index >= 15 is 0 Å². The van der Waals surface area contributed by atoms with Gasteiger partial charge in [0.15, 0.2) is 0 Å². The first-order valence-corrected chi connectivity index (χ1v) is 4.23. The van der Waals surface area contributed by atoms with E-state index in [1.165, 1.54) is 0 Å². The molecule has 1 unspecified atom stereocenters. The van der Waals surface area contributed by atoms with Gasteiger partial charge in [0.05, 0.1) is 19.6 Å². The molecule has 0 aromatic heterocycles. The molecule has 0 amide bonds. The van der Waals surface area contributed by atoms with Gasteiger partial charge in [-0.15, -0.1) is 12.4 Å². The van der Waals surface area contributed by atoms with E-state index in [9.17, 15) is 4.79 Å². The first kappa shape index (κ1) is 12.7. The molecule has 0 saturated carbocycles. The normalized spacial score (nSPS) is 20.4. The second-order valence-corrected chi connectivity index (χ2v) is 3.10. The van der Waals surface area contributed by atoms with Gasteiger partial charge in [-0.3, -0.25) is 9.69 Å². The van der Waals surface area contributed by atoms with E-state index in [-0.39, 0.29) is 24.9 Å². The quantitative estimate of drug-likeness (QED) is 0.740. The third kappa shape index (κ3) is 4.45. The lowest BCUT2D eigenvalue weighted by molar-refractivity contribution is -0.138. The molecule has 0 aliphatic carbocycles. The van der Waals surface area contributed by atoms with E-state index in [0.29, 0.717) is 0 Å². The molecule has 13 heavy (non-hydrogen) atoms. The Morgan fingerprint density at radius 2 is 2.08 bits per heavy atom. The number of rotatable bonds is 3. The van der Waals surface area contributed by atoms with Crippen LogP contribution < -0.4 is 0 Å². The molecule has 0 aromatic rings. The number of aliphatic carboxylic acids is 1. The fraction of sp³-hybridized carbons (Fsp3) is 0.875. The van der Waals surface area contributed by atoms with Crippen LogP contribution in [0.5, 0.6) is 0 Å². The van der Waals surface area contributed by atoms with Crippen LogP contribution in [0.3, 0.4) is 0 Å². The van der Waals surface area contributed by atoms with Gasteiger partial charge < -0.3 is 9.84 Å². The molecule has 1 aliphatic rings. The molecule has 0 aromatic carbocycles. The number of carbonyl (C=O) groups is 1. The van der Waals surface area contributed by atoms with Crippen LogP contribution in [-0.2, 0) is 9.53 Å². The molecule has 0 radical (unpaired) electrons. The van der Waals surface area contributed by atoms with Crippen LogP contribution >= 0.6 is 12.4 Å². The maximum Gasteiger partial charge on any atom is 0.304 e. The van der Waals surface area contributed by atoms with Crippen molar-refractivity contribution in [2.45, 2.75) is 19.4 Å². The Morgan fingerprint density at radius 1 is 1.54 bits per heavy atom. The number of halogens is 1. The number of ether oxygens (including phenoxy) is 1. The van der Waals surface area contributed by atoms with Crippen molar-refractivity contribution in [3.05, 3.63) is 0 Å². The highest BCUT2D eigenvalue weighted by Gasteiger charge is 2.18. The summed E-state index contributed by atoms with van der Waals surface area (Å²) in [4.78, 5) is 12.5. The first-order valence-electron chi connectivity index (χ1n) is 4.23. The van der Waals surface area contributed by atoms with Gasteiger partial charge >= 0.3 is 5.97 Å². The average Bonchev–Trinajstić information content (AvgIpc) is 2.05. The van der Waals surface area contributed by atoms with Gasteiger partial charge in [0.1, 0.15) is 0 Å². The Balaban J connectivity index is 0.00000144. The number of hydrogen-bond acceptors (Lipinski definition) is 3. The smallest absolute Gasteiger partial charge is 0.304 e. The second kappa shape index (κ2) is 6.18. The maximum atomic E-state index is 10.4. The lowest BCUT2D eigenvalue weighted by Gasteiger charge is -2.31. The van der Waals surface area contributed by atoms with Gasteiger partial charge in [0.25, 0.3) is 0 Å². The monoisotopic (exact) mass is 209 g/mol. The molecule has 1 atom stereocenters. The number of morpholine rings is 1. The van der Waals surface area contributed by atoms with Crippen LogP contribution in [0.1, 0.15) is 13.3 Å². The number of carboxylic acids is 1. The number of hydrogen-bond donors (Lipinski definition) is 1. The van der Waals surface area contributed by atoms with E-state index in [4.69, 9.17) is 9.84 Å². The summed E-state index contributed by atoms with van der Waals surface area (Å²) in [5.74, 6) is -0.728.